The van der Waals surface area contributed by atoms with Gasteiger partial charge in [0.1, 0.15) is 11.9 Å². The van der Waals surface area contributed by atoms with Crippen molar-refractivity contribution in [2.75, 3.05) is 20.7 Å². The minimum absolute atomic E-state index is 0.0866. The second kappa shape index (κ2) is 10.6. The van der Waals surface area contributed by atoms with Crippen molar-refractivity contribution in [1.82, 2.24) is 10.2 Å². The van der Waals surface area contributed by atoms with Gasteiger partial charge in [0, 0.05) is 32.1 Å². The minimum Gasteiger partial charge on any atom is -0.372 e. The van der Waals surface area contributed by atoms with E-state index in [1.807, 2.05) is 44.0 Å². The Hall–Kier alpha value is -2.37. The summed E-state index contributed by atoms with van der Waals surface area (Å²) in [6.07, 6.45) is 6.09. The van der Waals surface area contributed by atoms with Crippen LogP contribution in [0.15, 0.2) is 65.5 Å². The fraction of sp³-hybridized carbons (Fsp3) is 0.375. The first-order chi connectivity index (χ1) is 14.1. The van der Waals surface area contributed by atoms with Crippen LogP contribution in [0.3, 0.4) is 0 Å². The predicted molar refractivity (Wildman–Crippen MR) is 121 cm³/mol. The number of allylic oxidation sites excluding steroid dienone is 3. The van der Waals surface area contributed by atoms with E-state index in [0.717, 1.165) is 22.5 Å². The smallest absolute Gasteiger partial charge is 0.249 e. The first kappa shape index (κ1) is 23.9. The SMILES string of the molecule is C=C1C(C)=CC(CNC(=O)[C@@H](C)OC)=C(/C=C\C(C)Cc2cccc(Cl)c2F)N1C. The molecule has 2 rings (SSSR count). The van der Waals surface area contributed by atoms with Crippen molar-refractivity contribution in [2.24, 2.45) is 5.92 Å². The molecular formula is C24H30ClFN2O2. The molecule has 1 aromatic carbocycles. The molecule has 0 spiro atoms. The molecule has 1 aliphatic heterocycles. The van der Waals surface area contributed by atoms with Gasteiger partial charge in [0.2, 0.25) is 5.91 Å². The Morgan fingerprint density at radius 3 is 2.77 bits per heavy atom. The summed E-state index contributed by atoms with van der Waals surface area (Å²) in [7, 11) is 3.45. The number of methoxy groups -OCH3 is 1. The molecule has 0 saturated heterocycles. The normalized spacial score (nSPS) is 16.7. The number of carbonyl (C=O) groups is 1. The van der Waals surface area contributed by atoms with E-state index in [1.54, 1.807) is 25.1 Å². The van der Waals surface area contributed by atoms with Gasteiger partial charge in [-0.25, -0.2) is 4.39 Å². The second-order valence-corrected chi connectivity index (χ2v) is 8.00. The summed E-state index contributed by atoms with van der Waals surface area (Å²) < 4.78 is 19.3. The molecule has 0 aromatic heterocycles. The third kappa shape index (κ3) is 5.83. The Labute approximate surface area is 183 Å². The molecule has 4 nitrogen and oxygen atoms in total. The number of amides is 1. The van der Waals surface area contributed by atoms with Gasteiger partial charge >= 0.3 is 0 Å². The van der Waals surface area contributed by atoms with Crippen LogP contribution in [0.5, 0.6) is 0 Å². The Balaban J connectivity index is 2.22. The van der Waals surface area contributed by atoms with E-state index < -0.39 is 6.10 Å². The summed E-state index contributed by atoms with van der Waals surface area (Å²) in [5.74, 6) is -0.448. The number of nitrogens with zero attached hydrogens (tertiary/aromatic N) is 1. The van der Waals surface area contributed by atoms with Crippen molar-refractivity contribution in [3.8, 4) is 0 Å². The van der Waals surface area contributed by atoms with Gasteiger partial charge in [-0.3, -0.25) is 4.79 Å². The Bertz CT molecular complexity index is 904. The lowest BCUT2D eigenvalue weighted by molar-refractivity contribution is -0.129. The van der Waals surface area contributed by atoms with Crippen LogP contribution in [0.1, 0.15) is 26.3 Å². The molecule has 1 aromatic rings. The molecule has 2 atom stereocenters. The summed E-state index contributed by atoms with van der Waals surface area (Å²) in [5.41, 5.74) is 4.42. The molecule has 0 aliphatic carbocycles. The number of carbonyl (C=O) groups excluding carboxylic acids is 1. The quantitative estimate of drug-likeness (QED) is 0.626. The van der Waals surface area contributed by atoms with Crippen LogP contribution >= 0.6 is 11.6 Å². The van der Waals surface area contributed by atoms with Gasteiger partial charge in [-0.2, -0.15) is 0 Å². The average Bonchev–Trinajstić information content (AvgIpc) is 2.72. The monoisotopic (exact) mass is 432 g/mol. The molecular weight excluding hydrogens is 403 g/mol. The molecule has 0 fully saturated rings. The summed E-state index contributed by atoms with van der Waals surface area (Å²) in [5, 5.41) is 3.05. The summed E-state index contributed by atoms with van der Waals surface area (Å²) in [4.78, 5) is 14.1. The number of ether oxygens (including phenoxy) is 1. The van der Waals surface area contributed by atoms with Crippen LogP contribution in [-0.4, -0.2) is 37.6 Å². The largest absolute Gasteiger partial charge is 0.372 e. The minimum atomic E-state index is -0.515. The zero-order valence-corrected chi connectivity index (χ0v) is 19.0. The van der Waals surface area contributed by atoms with Crippen molar-refractivity contribution in [1.29, 1.82) is 0 Å². The van der Waals surface area contributed by atoms with Crippen molar-refractivity contribution in [3.05, 3.63) is 81.9 Å². The maximum Gasteiger partial charge on any atom is 0.249 e. The van der Waals surface area contributed by atoms with Crippen LogP contribution in [0, 0.1) is 11.7 Å². The third-order valence-corrected chi connectivity index (χ3v) is 5.57. The zero-order chi connectivity index (χ0) is 22.4. The van der Waals surface area contributed by atoms with Gasteiger partial charge in [0.05, 0.1) is 5.02 Å². The molecule has 1 aliphatic rings. The number of hydrogen-bond donors (Lipinski definition) is 1. The first-order valence-corrected chi connectivity index (χ1v) is 10.3. The number of halogens is 2. The maximum atomic E-state index is 14.2. The highest BCUT2D eigenvalue weighted by Gasteiger charge is 2.19. The maximum absolute atomic E-state index is 14.2. The third-order valence-electron chi connectivity index (χ3n) is 5.27. The molecule has 0 saturated carbocycles. The molecule has 1 unspecified atom stereocenters. The van der Waals surface area contributed by atoms with E-state index in [9.17, 15) is 9.18 Å². The fourth-order valence-electron chi connectivity index (χ4n) is 3.21. The lowest BCUT2D eigenvalue weighted by Gasteiger charge is -2.30. The molecule has 0 bridgehead atoms. The zero-order valence-electron chi connectivity index (χ0n) is 18.3. The van der Waals surface area contributed by atoms with Crippen LogP contribution < -0.4 is 5.32 Å². The number of benzene rings is 1. The highest BCUT2D eigenvalue weighted by molar-refractivity contribution is 6.30. The molecule has 0 radical (unpaired) electrons. The number of likely N-dealkylation sites (N-methyl/N-ethyl adjacent to an activating group) is 1. The van der Waals surface area contributed by atoms with Crippen molar-refractivity contribution in [2.45, 2.75) is 33.3 Å². The van der Waals surface area contributed by atoms with Crippen LogP contribution in [0.4, 0.5) is 4.39 Å². The van der Waals surface area contributed by atoms with Gasteiger partial charge in [0.25, 0.3) is 0 Å². The summed E-state index contributed by atoms with van der Waals surface area (Å²) in [6, 6.07) is 5.06. The van der Waals surface area contributed by atoms with Gasteiger partial charge in [-0.05, 0) is 55.0 Å². The van der Waals surface area contributed by atoms with Crippen molar-refractivity contribution < 1.29 is 13.9 Å². The number of rotatable bonds is 8. The molecule has 30 heavy (non-hydrogen) atoms. The second-order valence-electron chi connectivity index (χ2n) is 7.59. The molecule has 1 N–H and O–H groups in total. The molecule has 162 valence electrons. The van der Waals surface area contributed by atoms with Gasteiger partial charge in [0.15, 0.2) is 0 Å². The van der Waals surface area contributed by atoms with Crippen molar-refractivity contribution >= 4 is 17.5 Å². The fourth-order valence-corrected chi connectivity index (χ4v) is 3.41. The van der Waals surface area contributed by atoms with E-state index in [4.69, 9.17) is 16.3 Å². The Morgan fingerprint density at radius 1 is 1.40 bits per heavy atom. The molecule has 1 amide bonds. The Morgan fingerprint density at radius 2 is 2.10 bits per heavy atom. The highest BCUT2D eigenvalue weighted by Crippen LogP contribution is 2.28. The van der Waals surface area contributed by atoms with E-state index in [-0.39, 0.29) is 22.7 Å². The van der Waals surface area contributed by atoms with E-state index in [2.05, 4.69) is 11.9 Å². The van der Waals surface area contributed by atoms with Crippen molar-refractivity contribution in [3.63, 3.8) is 0 Å². The van der Waals surface area contributed by atoms with Gasteiger partial charge < -0.3 is 15.0 Å². The van der Waals surface area contributed by atoms with Gasteiger partial charge in [-0.1, -0.05) is 49.4 Å². The van der Waals surface area contributed by atoms with E-state index in [0.29, 0.717) is 18.5 Å². The first-order valence-electron chi connectivity index (χ1n) is 9.91. The molecule has 6 heteroatoms. The Kier molecular flexibility index (Phi) is 8.44. The van der Waals surface area contributed by atoms with Crippen LogP contribution in [0.25, 0.3) is 0 Å². The lowest BCUT2D eigenvalue weighted by Crippen LogP contribution is -2.36. The standard InChI is InChI=1S/C24H30ClFN2O2/c1-15(12-19-8-7-9-21(25)23(19)26)10-11-22-20(13-16(2)17(3)28(22)5)14-27-24(29)18(4)30-6/h7-11,13,15,18H,3,12,14H2,1-2,4-6H3,(H,27,29)/b11-10-/t15?,18-/m1/s1. The number of hydrogen-bond acceptors (Lipinski definition) is 3. The lowest BCUT2D eigenvalue weighted by atomic mass is 9.97. The predicted octanol–water partition coefficient (Wildman–Crippen LogP) is 5.02. The summed E-state index contributed by atoms with van der Waals surface area (Å²) >= 11 is 5.89. The topological polar surface area (TPSA) is 41.6 Å². The highest BCUT2D eigenvalue weighted by atomic mass is 35.5. The van der Waals surface area contributed by atoms with E-state index in [1.165, 1.54) is 7.11 Å². The molecule has 1 heterocycles. The van der Waals surface area contributed by atoms with Gasteiger partial charge in [-0.15, -0.1) is 0 Å². The number of nitrogens with one attached hydrogen (secondary N) is 1. The van der Waals surface area contributed by atoms with Crippen LogP contribution in [-0.2, 0) is 16.0 Å². The van der Waals surface area contributed by atoms with Crippen LogP contribution in [0.2, 0.25) is 5.02 Å². The average molecular weight is 433 g/mol. The summed E-state index contributed by atoms with van der Waals surface area (Å²) in [6.45, 7) is 10.2. The van der Waals surface area contributed by atoms with E-state index >= 15 is 0 Å².